The zero-order valence-corrected chi connectivity index (χ0v) is 7.55. The Labute approximate surface area is 67.7 Å². The van der Waals surface area contributed by atoms with Gasteiger partial charge in [-0.15, -0.1) is 0 Å². The second-order valence-corrected chi connectivity index (χ2v) is 3.74. The van der Waals surface area contributed by atoms with Crippen LogP contribution >= 0.6 is 0 Å². The molecule has 0 unspecified atom stereocenters. The monoisotopic (exact) mass is 150 g/mol. The van der Waals surface area contributed by atoms with Crippen molar-refractivity contribution in [1.82, 2.24) is 9.97 Å². The molecular formula is C9H14N2. The van der Waals surface area contributed by atoms with E-state index < -0.39 is 0 Å². The van der Waals surface area contributed by atoms with Crippen molar-refractivity contribution in [3.05, 3.63) is 23.8 Å². The fourth-order valence-electron chi connectivity index (χ4n) is 0.874. The van der Waals surface area contributed by atoms with Crippen LogP contribution in [0, 0.1) is 6.92 Å². The molecule has 0 atom stereocenters. The van der Waals surface area contributed by atoms with E-state index in [0.29, 0.717) is 0 Å². The van der Waals surface area contributed by atoms with Gasteiger partial charge in [0.2, 0.25) is 0 Å². The van der Waals surface area contributed by atoms with Gasteiger partial charge in [0.1, 0.15) is 5.82 Å². The fourth-order valence-corrected chi connectivity index (χ4v) is 0.874. The molecule has 0 fully saturated rings. The first-order valence-electron chi connectivity index (χ1n) is 3.80. The highest BCUT2D eigenvalue weighted by atomic mass is 14.9. The molecule has 0 radical (unpaired) electrons. The summed E-state index contributed by atoms with van der Waals surface area (Å²) in [7, 11) is 0. The van der Waals surface area contributed by atoms with Crippen molar-refractivity contribution in [2.75, 3.05) is 0 Å². The summed E-state index contributed by atoms with van der Waals surface area (Å²) >= 11 is 0. The highest BCUT2D eigenvalue weighted by molar-refractivity contribution is 5.11. The Kier molecular flexibility index (Phi) is 1.94. The van der Waals surface area contributed by atoms with Crippen molar-refractivity contribution in [3.63, 3.8) is 0 Å². The van der Waals surface area contributed by atoms with E-state index in [9.17, 15) is 0 Å². The number of hydrogen-bond acceptors (Lipinski definition) is 2. The highest BCUT2D eigenvalue weighted by Gasteiger charge is 2.14. The predicted octanol–water partition coefficient (Wildman–Crippen LogP) is 2.08. The van der Waals surface area contributed by atoms with Crippen molar-refractivity contribution in [2.24, 2.45) is 0 Å². The Balaban J connectivity index is 3.06. The summed E-state index contributed by atoms with van der Waals surface area (Å²) in [6, 6.07) is 1.97. The third-order valence-corrected chi connectivity index (χ3v) is 1.54. The molecule has 0 aromatic carbocycles. The number of aromatic nitrogens is 2. The lowest BCUT2D eigenvalue weighted by Gasteiger charge is -2.16. The quantitative estimate of drug-likeness (QED) is 0.566. The Morgan fingerprint density at radius 1 is 1.27 bits per heavy atom. The SMILES string of the molecule is Cc1nccc(C(C)(C)C)n1. The van der Waals surface area contributed by atoms with Crippen molar-refractivity contribution in [2.45, 2.75) is 33.1 Å². The molecule has 0 aliphatic rings. The molecule has 1 rings (SSSR count). The number of aryl methyl sites for hydroxylation is 1. The van der Waals surface area contributed by atoms with Gasteiger partial charge in [-0.2, -0.15) is 0 Å². The fraction of sp³-hybridized carbons (Fsp3) is 0.556. The number of hydrogen-bond donors (Lipinski definition) is 0. The second kappa shape index (κ2) is 2.61. The third-order valence-electron chi connectivity index (χ3n) is 1.54. The van der Waals surface area contributed by atoms with Gasteiger partial charge >= 0.3 is 0 Å². The van der Waals surface area contributed by atoms with Crippen LogP contribution in [0.15, 0.2) is 12.3 Å². The van der Waals surface area contributed by atoms with E-state index in [2.05, 4.69) is 30.7 Å². The average Bonchev–Trinajstić information content (AvgIpc) is 1.86. The van der Waals surface area contributed by atoms with E-state index in [-0.39, 0.29) is 5.41 Å². The van der Waals surface area contributed by atoms with E-state index in [1.807, 2.05) is 19.2 Å². The van der Waals surface area contributed by atoms with E-state index in [1.54, 1.807) is 0 Å². The Hall–Kier alpha value is -0.920. The normalized spacial score (nSPS) is 11.6. The lowest BCUT2D eigenvalue weighted by Crippen LogP contribution is -2.14. The largest absolute Gasteiger partial charge is 0.242 e. The molecule has 1 aromatic heterocycles. The van der Waals surface area contributed by atoms with Gasteiger partial charge in [-0.3, -0.25) is 0 Å². The van der Waals surface area contributed by atoms with Gasteiger partial charge in [0.05, 0.1) is 0 Å². The van der Waals surface area contributed by atoms with E-state index >= 15 is 0 Å². The first-order valence-corrected chi connectivity index (χ1v) is 3.80. The molecule has 60 valence electrons. The Bertz CT molecular complexity index is 248. The topological polar surface area (TPSA) is 25.8 Å². The van der Waals surface area contributed by atoms with Crippen molar-refractivity contribution in [1.29, 1.82) is 0 Å². The van der Waals surface area contributed by atoms with Crippen LogP contribution in [0.2, 0.25) is 0 Å². The summed E-state index contributed by atoms with van der Waals surface area (Å²) in [5, 5.41) is 0. The summed E-state index contributed by atoms with van der Waals surface area (Å²) in [6.45, 7) is 8.35. The van der Waals surface area contributed by atoms with Crippen LogP contribution in [0.25, 0.3) is 0 Å². The molecule has 0 aliphatic heterocycles. The molecule has 0 bridgehead atoms. The molecule has 0 amide bonds. The van der Waals surface area contributed by atoms with E-state index in [1.165, 1.54) is 0 Å². The molecule has 2 nitrogen and oxygen atoms in total. The predicted molar refractivity (Wildman–Crippen MR) is 45.5 cm³/mol. The third kappa shape index (κ3) is 2.00. The maximum atomic E-state index is 4.33. The van der Waals surface area contributed by atoms with Crippen molar-refractivity contribution < 1.29 is 0 Å². The second-order valence-electron chi connectivity index (χ2n) is 3.74. The molecule has 1 aromatic rings. The van der Waals surface area contributed by atoms with Gasteiger partial charge in [-0.05, 0) is 13.0 Å². The highest BCUT2D eigenvalue weighted by Crippen LogP contribution is 2.18. The van der Waals surface area contributed by atoms with Crippen LogP contribution in [0.1, 0.15) is 32.3 Å². The van der Waals surface area contributed by atoms with Gasteiger partial charge in [-0.1, -0.05) is 20.8 Å². The zero-order chi connectivity index (χ0) is 8.48. The lowest BCUT2D eigenvalue weighted by atomic mass is 9.92. The standard InChI is InChI=1S/C9H14N2/c1-7-10-6-5-8(11-7)9(2,3)4/h5-6H,1-4H3. The molecule has 1 heterocycles. The van der Waals surface area contributed by atoms with Crippen LogP contribution in [-0.2, 0) is 5.41 Å². The van der Waals surface area contributed by atoms with Crippen LogP contribution in [0.4, 0.5) is 0 Å². The van der Waals surface area contributed by atoms with Gasteiger partial charge in [0.25, 0.3) is 0 Å². The molecule has 0 saturated heterocycles. The van der Waals surface area contributed by atoms with Crippen molar-refractivity contribution >= 4 is 0 Å². The Morgan fingerprint density at radius 2 is 1.91 bits per heavy atom. The minimum absolute atomic E-state index is 0.133. The molecular weight excluding hydrogens is 136 g/mol. The molecule has 0 saturated carbocycles. The lowest BCUT2D eigenvalue weighted by molar-refractivity contribution is 0.564. The van der Waals surface area contributed by atoms with Crippen LogP contribution in [0.3, 0.4) is 0 Å². The average molecular weight is 150 g/mol. The van der Waals surface area contributed by atoms with Crippen molar-refractivity contribution in [3.8, 4) is 0 Å². The van der Waals surface area contributed by atoms with Crippen LogP contribution in [-0.4, -0.2) is 9.97 Å². The van der Waals surface area contributed by atoms with E-state index in [0.717, 1.165) is 11.5 Å². The maximum absolute atomic E-state index is 4.33. The van der Waals surface area contributed by atoms with Gasteiger partial charge < -0.3 is 0 Å². The van der Waals surface area contributed by atoms with Gasteiger partial charge in [0.15, 0.2) is 0 Å². The van der Waals surface area contributed by atoms with E-state index in [4.69, 9.17) is 0 Å². The summed E-state index contributed by atoms with van der Waals surface area (Å²) in [5.41, 5.74) is 1.23. The van der Waals surface area contributed by atoms with Crippen LogP contribution in [0.5, 0.6) is 0 Å². The molecule has 0 spiro atoms. The molecule has 0 aliphatic carbocycles. The zero-order valence-electron chi connectivity index (χ0n) is 7.55. The summed E-state index contributed by atoms with van der Waals surface area (Å²) in [5.74, 6) is 0.845. The van der Waals surface area contributed by atoms with Crippen LogP contribution < -0.4 is 0 Å². The van der Waals surface area contributed by atoms with Gasteiger partial charge in [-0.25, -0.2) is 9.97 Å². The number of rotatable bonds is 0. The Morgan fingerprint density at radius 3 is 2.27 bits per heavy atom. The van der Waals surface area contributed by atoms with Gasteiger partial charge in [0, 0.05) is 17.3 Å². The summed E-state index contributed by atoms with van der Waals surface area (Å²) in [4.78, 5) is 8.38. The number of nitrogens with zero attached hydrogens (tertiary/aromatic N) is 2. The molecule has 0 N–H and O–H groups in total. The molecule has 11 heavy (non-hydrogen) atoms. The minimum atomic E-state index is 0.133. The first-order chi connectivity index (χ1) is 5.00. The maximum Gasteiger partial charge on any atom is 0.125 e. The smallest absolute Gasteiger partial charge is 0.125 e. The summed E-state index contributed by atoms with van der Waals surface area (Å²) < 4.78 is 0. The molecule has 2 heteroatoms. The first kappa shape index (κ1) is 8.18. The summed E-state index contributed by atoms with van der Waals surface area (Å²) in [6.07, 6.45) is 1.81. The minimum Gasteiger partial charge on any atom is -0.242 e.